The molecule has 3 rings (SSSR count). The lowest BCUT2D eigenvalue weighted by molar-refractivity contribution is 0.270. The van der Waals surface area contributed by atoms with Crippen LogP contribution in [0.4, 0.5) is 0 Å². The molecule has 1 heterocycles. The van der Waals surface area contributed by atoms with E-state index in [1.54, 1.807) is 13.2 Å². The molecule has 0 spiro atoms. The molecule has 0 aliphatic carbocycles. The minimum Gasteiger partial charge on any atom is -0.493 e. The highest BCUT2D eigenvalue weighted by Gasteiger charge is 2.14. The summed E-state index contributed by atoms with van der Waals surface area (Å²) in [6.07, 6.45) is 0. The molecule has 0 N–H and O–H groups in total. The van der Waals surface area contributed by atoms with E-state index in [4.69, 9.17) is 13.9 Å². The number of hydrogen-bond donors (Lipinski definition) is 0. The average Bonchev–Trinajstić information content (AvgIpc) is 2.71. The predicted octanol–water partition coefficient (Wildman–Crippen LogP) is 4.84. The van der Waals surface area contributed by atoms with Gasteiger partial charge in [0.05, 0.1) is 13.7 Å². The van der Waals surface area contributed by atoms with Crippen molar-refractivity contribution in [3.63, 3.8) is 0 Å². The quantitative estimate of drug-likeness (QED) is 0.511. The highest BCUT2D eigenvalue weighted by Crippen LogP contribution is 2.29. The van der Waals surface area contributed by atoms with Gasteiger partial charge in [-0.1, -0.05) is 25.1 Å². The Hall–Kier alpha value is -2.79. The van der Waals surface area contributed by atoms with E-state index in [0.29, 0.717) is 18.7 Å². The van der Waals surface area contributed by atoms with Gasteiger partial charge in [-0.15, -0.1) is 0 Å². The summed E-state index contributed by atoms with van der Waals surface area (Å²) >= 11 is 0. The van der Waals surface area contributed by atoms with Crippen molar-refractivity contribution >= 4 is 11.0 Å². The molecule has 0 unspecified atom stereocenters. The zero-order valence-corrected chi connectivity index (χ0v) is 17.9. The van der Waals surface area contributed by atoms with Gasteiger partial charge in [0, 0.05) is 24.5 Å². The lowest BCUT2D eigenvalue weighted by Crippen LogP contribution is -2.23. The highest BCUT2D eigenvalue weighted by atomic mass is 16.5. The summed E-state index contributed by atoms with van der Waals surface area (Å²) in [7, 11) is 1.65. The van der Waals surface area contributed by atoms with Gasteiger partial charge in [0.15, 0.2) is 11.5 Å². The van der Waals surface area contributed by atoms with E-state index in [-0.39, 0.29) is 5.63 Å². The number of aryl methyl sites for hydroxylation is 2. The molecule has 29 heavy (non-hydrogen) atoms. The zero-order valence-electron chi connectivity index (χ0n) is 17.9. The van der Waals surface area contributed by atoms with Crippen LogP contribution in [0, 0.1) is 13.8 Å². The summed E-state index contributed by atoms with van der Waals surface area (Å²) in [5, 5.41) is 0.996. The topological polar surface area (TPSA) is 51.9 Å². The standard InChI is InChI=1S/C24H29NO4/c1-6-25(14-18-9-11-21(28-7-2)22(12-18)27-5)15-19-13-23(26)29-24-17(4)16(3)8-10-20(19)24/h8-13H,6-7,14-15H2,1-5H3. The van der Waals surface area contributed by atoms with Crippen molar-refractivity contribution in [2.24, 2.45) is 0 Å². The summed E-state index contributed by atoms with van der Waals surface area (Å²) in [6, 6.07) is 11.8. The Labute approximate surface area is 171 Å². The molecule has 5 nitrogen and oxygen atoms in total. The first-order chi connectivity index (χ1) is 14.0. The van der Waals surface area contributed by atoms with Gasteiger partial charge < -0.3 is 13.9 Å². The SMILES string of the molecule is CCOc1ccc(CN(CC)Cc2cc(=O)oc3c(C)c(C)ccc23)cc1OC. The van der Waals surface area contributed by atoms with Crippen molar-refractivity contribution in [3.8, 4) is 11.5 Å². The van der Waals surface area contributed by atoms with Crippen LogP contribution in [-0.2, 0) is 13.1 Å². The minimum atomic E-state index is -0.306. The van der Waals surface area contributed by atoms with Crippen LogP contribution in [0.25, 0.3) is 11.0 Å². The maximum Gasteiger partial charge on any atom is 0.336 e. The van der Waals surface area contributed by atoms with Crippen LogP contribution in [0.3, 0.4) is 0 Å². The van der Waals surface area contributed by atoms with Gasteiger partial charge in [0.2, 0.25) is 0 Å². The van der Waals surface area contributed by atoms with Crippen LogP contribution in [0.5, 0.6) is 11.5 Å². The van der Waals surface area contributed by atoms with Gasteiger partial charge in [-0.25, -0.2) is 4.79 Å². The van der Waals surface area contributed by atoms with Crippen LogP contribution in [0.2, 0.25) is 0 Å². The van der Waals surface area contributed by atoms with Gasteiger partial charge >= 0.3 is 5.63 Å². The zero-order chi connectivity index (χ0) is 21.0. The Kier molecular flexibility index (Phi) is 6.60. The normalized spacial score (nSPS) is 11.2. The Morgan fingerprint density at radius 3 is 2.48 bits per heavy atom. The van der Waals surface area contributed by atoms with E-state index in [9.17, 15) is 4.79 Å². The van der Waals surface area contributed by atoms with E-state index < -0.39 is 0 Å². The number of rotatable bonds is 8. The molecule has 0 radical (unpaired) electrons. The van der Waals surface area contributed by atoms with E-state index in [0.717, 1.165) is 52.2 Å². The summed E-state index contributed by atoms with van der Waals surface area (Å²) in [6.45, 7) is 10.9. The fourth-order valence-corrected chi connectivity index (χ4v) is 3.52. The molecule has 0 saturated heterocycles. The molecule has 0 aliphatic heterocycles. The van der Waals surface area contributed by atoms with Crippen LogP contribution in [0.1, 0.15) is 36.1 Å². The van der Waals surface area contributed by atoms with Gasteiger partial charge in [0.1, 0.15) is 5.58 Å². The summed E-state index contributed by atoms with van der Waals surface area (Å²) in [5.74, 6) is 1.48. The molecule has 0 saturated carbocycles. The van der Waals surface area contributed by atoms with Crippen molar-refractivity contribution < 1.29 is 13.9 Å². The first-order valence-corrected chi connectivity index (χ1v) is 10.0. The molecule has 154 valence electrons. The summed E-state index contributed by atoms with van der Waals surface area (Å²) in [4.78, 5) is 14.5. The number of methoxy groups -OCH3 is 1. The lowest BCUT2D eigenvalue weighted by atomic mass is 10.0. The van der Waals surface area contributed by atoms with Crippen molar-refractivity contribution in [3.05, 3.63) is 69.1 Å². The Morgan fingerprint density at radius 2 is 1.79 bits per heavy atom. The molecule has 3 aromatic rings. The Bertz CT molecular complexity index is 1050. The van der Waals surface area contributed by atoms with Crippen LogP contribution in [0.15, 0.2) is 45.6 Å². The molecule has 0 aliphatic rings. The molecule has 0 amide bonds. The summed E-state index contributed by atoms with van der Waals surface area (Å²) in [5.41, 5.74) is 4.63. The predicted molar refractivity (Wildman–Crippen MR) is 116 cm³/mol. The third-order valence-electron chi connectivity index (χ3n) is 5.29. The number of fused-ring (bicyclic) bond motifs is 1. The van der Waals surface area contributed by atoms with Crippen molar-refractivity contribution in [2.45, 2.75) is 40.8 Å². The molecular weight excluding hydrogens is 366 g/mol. The Morgan fingerprint density at radius 1 is 1.00 bits per heavy atom. The largest absolute Gasteiger partial charge is 0.493 e. The third-order valence-corrected chi connectivity index (χ3v) is 5.29. The molecule has 1 aromatic heterocycles. The number of ether oxygens (including phenoxy) is 2. The summed E-state index contributed by atoms with van der Waals surface area (Å²) < 4.78 is 16.6. The molecule has 0 bridgehead atoms. The van der Waals surface area contributed by atoms with E-state index >= 15 is 0 Å². The number of nitrogens with zero attached hydrogens (tertiary/aromatic N) is 1. The van der Waals surface area contributed by atoms with Crippen molar-refractivity contribution in [2.75, 3.05) is 20.3 Å². The molecule has 5 heteroatoms. The average molecular weight is 395 g/mol. The monoisotopic (exact) mass is 395 g/mol. The van der Waals surface area contributed by atoms with Crippen molar-refractivity contribution in [1.82, 2.24) is 4.90 Å². The number of benzene rings is 2. The van der Waals surface area contributed by atoms with E-state index in [2.05, 4.69) is 24.0 Å². The second-order valence-corrected chi connectivity index (χ2v) is 7.20. The van der Waals surface area contributed by atoms with E-state index in [1.165, 1.54) is 0 Å². The fraction of sp³-hybridized carbons (Fsp3) is 0.375. The van der Waals surface area contributed by atoms with Gasteiger partial charge in [-0.2, -0.15) is 0 Å². The van der Waals surface area contributed by atoms with Crippen LogP contribution >= 0.6 is 0 Å². The van der Waals surface area contributed by atoms with Crippen molar-refractivity contribution in [1.29, 1.82) is 0 Å². The second kappa shape index (κ2) is 9.14. The third kappa shape index (κ3) is 4.62. The molecule has 0 atom stereocenters. The van der Waals surface area contributed by atoms with Gasteiger partial charge in [-0.3, -0.25) is 4.90 Å². The Balaban J connectivity index is 1.89. The highest BCUT2D eigenvalue weighted by molar-refractivity contribution is 5.83. The van der Waals surface area contributed by atoms with Gasteiger partial charge in [-0.05, 0) is 61.7 Å². The molecule has 2 aromatic carbocycles. The maximum atomic E-state index is 12.2. The number of hydrogen-bond acceptors (Lipinski definition) is 5. The lowest BCUT2D eigenvalue weighted by Gasteiger charge is -2.22. The second-order valence-electron chi connectivity index (χ2n) is 7.20. The van der Waals surface area contributed by atoms with Gasteiger partial charge in [0.25, 0.3) is 0 Å². The van der Waals surface area contributed by atoms with Crippen LogP contribution in [-0.4, -0.2) is 25.2 Å². The smallest absolute Gasteiger partial charge is 0.336 e. The fourth-order valence-electron chi connectivity index (χ4n) is 3.52. The van der Waals surface area contributed by atoms with E-state index in [1.807, 2.05) is 39.0 Å². The first kappa shape index (κ1) is 20.9. The molecule has 0 fully saturated rings. The molecular formula is C24H29NO4. The maximum absolute atomic E-state index is 12.2. The minimum absolute atomic E-state index is 0.306. The first-order valence-electron chi connectivity index (χ1n) is 10.0. The van der Waals surface area contributed by atoms with Crippen LogP contribution < -0.4 is 15.1 Å².